The standard InChI is InChI=1S/C25H30ClNO6/c1-6-15(2)12-16(3)9-10-18-13-19-20(14-27(18)11-7-8-21(29)30)23(31)25(5,33-17(4)28)24(32)22(19)26/h9-10,12-15H,6-8,11H2,1-5H3,(H,29,30)/b10-9+,16-12+/t15-,25-/m1/s1. The average Bonchev–Trinajstić information content (AvgIpc) is 2.74. The zero-order valence-electron chi connectivity index (χ0n) is 19.6. The third kappa shape index (κ3) is 6.11. The van der Waals surface area contributed by atoms with Crippen molar-refractivity contribution in [3.05, 3.63) is 58.0 Å². The van der Waals surface area contributed by atoms with E-state index in [0.717, 1.165) is 18.9 Å². The average molecular weight is 476 g/mol. The monoisotopic (exact) mass is 475 g/mol. The van der Waals surface area contributed by atoms with Gasteiger partial charge < -0.3 is 14.7 Å². The number of aliphatic carboxylic acids is 1. The maximum atomic E-state index is 13.2. The number of carbonyl (C=O) groups excluding carboxylic acids is 3. The largest absolute Gasteiger partial charge is 0.481 e. The smallest absolute Gasteiger partial charge is 0.304 e. The first-order valence-corrected chi connectivity index (χ1v) is 11.3. The highest BCUT2D eigenvalue weighted by molar-refractivity contribution is 6.49. The Bertz CT molecular complexity index is 1020. The Morgan fingerprint density at radius 2 is 1.94 bits per heavy atom. The summed E-state index contributed by atoms with van der Waals surface area (Å²) in [4.78, 5) is 50.3. The maximum absolute atomic E-state index is 13.2. The molecule has 7 nitrogen and oxygen atoms in total. The molecular weight excluding hydrogens is 446 g/mol. The van der Waals surface area contributed by atoms with Gasteiger partial charge in [-0.1, -0.05) is 49.6 Å². The molecule has 0 aromatic rings. The van der Waals surface area contributed by atoms with Crippen LogP contribution >= 0.6 is 11.6 Å². The molecule has 2 atom stereocenters. The zero-order chi connectivity index (χ0) is 24.9. The Balaban J connectivity index is 2.52. The normalized spacial score (nSPS) is 22.2. The molecule has 0 unspecified atom stereocenters. The second-order valence-electron chi connectivity index (χ2n) is 8.45. The summed E-state index contributed by atoms with van der Waals surface area (Å²) in [5.41, 5.74) is 0.0632. The predicted octanol–water partition coefficient (Wildman–Crippen LogP) is 4.45. The molecular formula is C25H30ClNO6. The van der Waals surface area contributed by atoms with Crippen molar-refractivity contribution in [2.75, 3.05) is 6.54 Å². The minimum absolute atomic E-state index is 0.0370. The van der Waals surface area contributed by atoms with Crippen molar-refractivity contribution in [3.8, 4) is 0 Å². The first kappa shape index (κ1) is 26.3. The van der Waals surface area contributed by atoms with E-state index in [1.165, 1.54) is 6.92 Å². The lowest BCUT2D eigenvalue weighted by Gasteiger charge is -2.35. The molecule has 0 saturated carbocycles. The summed E-state index contributed by atoms with van der Waals surface area (Å²) in [6.45, 7) is 8.88. The van der Waals surface area contributed by atoms with Crippen molar-refractivity contribution in [3.63, 3.8) is 0 Å². The molecule has 2 aliphatic rings. The van der Waals surface area contributed by atoms with Crippen LogP contribution in [0.15, 0.2) is 58.0 Å². The van der Waals surface area contributed by atoms with Crippen LogP contribution in [0.5, 0.6) is 0 Å². The number of carboxylic acid groups (broad SMARTS) is 1. The van der Waals surface area contributed by atoms with E-state index in [-0.39, 0.29) is 22.6 Å². The van der Waals surface area contributed by atoms with Gasteiger partial charge >= 0.3 is 11.9 Å². The fourth-order valence-electron chi connectivity index (χ4n) is 3.62. The number of esters is 1. The highest BCUT2D eigenvalue weighted by atomic mass is 35.5. The summed E-state index contributed by atoms with van der Waals surface area (Å²) in [5, 5.41) is 8.82. The van der Waals surface area contributed by atoms with Crippen LogP contribution in [-0.4, -0.2) is 45.7 Å². The molecule has 2 rings (SSSR count). The predicted molar refractivity (Wildman–Crippen MR) is 125 cm³/mol. The Morgan fingerprint density at radius 3 is 2.52 bits per heavy atom. The summed E-state index contributed by atoms with van der Waals surface area (Å²) in [6, 6.07) is 0. The molecule has 1 heterocycles. The fraction of sp³-hybridized carbons (Fsp3) is 0.440. The Kier molecular flexibility index (Phi) is 8.61. The van der Waals surface area contributed by atoms with Crippen LogP contribution in [0.2, 0.25) is 0 Å². The highest BCUT2D eigenvalue weighted by Crippen LogP contribution is 2.39. The zero-order valence-corrected chi connectivity index (χ0v) is 20.4. The number of carboxylic acids is 1. The van der Waals surface area contributed by atoms with Gasteiger partial charge in [-0.3, -0.25) is 19.2 Å². The van der Waals surface area contributed by atoms with Gasteiger partial charge in [0, 0.05) is 42.9 Å². The first-order chi connectivity index (χ1) is 15.4. The number of allylic oxidation sites excluding steroid dienone is 6. The van der Waals surface area contributed by atoms with E-state index in [9.17, 15) is 19.2 Å². The Hall–Kier alpha value is -2.93. The summed E-state index contributed by atoms with van der Waals surface area (Å²) < 4.78 is 5.09. The number of hydrogen-bond acceptors (Lipinski definition) is 6. The van der Waals surface area contributed by atoms with Gasteiger partial charge in [-0.25, -0.2) is 0 Å². The van der Waals surface area contributed by atoms with Gasteiger partial charge in [0.05, 0.1) is 5.03 Å². The van der Waals surface area contributed by atoms with E-state index >= 15 is 0 Å². The van der Waals surface area contributed by atoms with Crippen LogP contribution < -0.4 is 0 Å². The van der Waals surface area contributed by atoms with E-state index in [4.69, 9.17) is 21.4 Å². The van der Waals surface area contributed by atoms with E-state index < -0.39 is 29.1 Å². The number of ketones is 2. The lowest BCUT2D eigenvalue weighted by Crippen LogP contribution is -2.52. The summed E-state index contributed by atoms with van der Waals surface area (Å²) >= 11 is 6.35. The van der Waals surface area contributed by atoms with Crippen molar-refractivity contribution in [1.29, 1.82) is 0 Å². The minimum Gasteiger partial charge on any atom is -0.481 e. The lowest BCUT2D eigenvalue weighted by atomic mass is 9.79. The Morgan fingerprint density at radius 1 is 1.27 bits per heavy atom. The highest BCUT2D eigenvalue weighted by Gasteiger charge is 2.52. The Labute approximate surface area is 199 Å². The van der Waals surface area contributed by atoms with Crippen LogP contribution in [0.3, 0.4) is 0 Å². The molecule has 1 N–H and O–H groups in total. The van der Waals surface area contributed by atoms with Gasteiger partial charge in [-0.2, -0.15) is 0 Å². The topological polar surface area (TPSA) is 101 Å². The van der Waals surface area contributed by atoms with Crippen molar-refractivity contribution in [1.82, 2.24) is 4.90 Å². The molecule has 0 spiro atoms. The molecule has 0 saturated heterocycles. The van der Waals surface area contributed by atoms with Gasteiger partial charge in [-0.05, 0) is 38.3 Å². The summed E-state index contributed by atoms with van der Waals surface area (Å²) in [5.74, 6) is -2.72. The number of hydrogen-bond donors (Lipinski definition) is 1. The summed E-state index contributed by atoms with van der Waals surface area (Å²) in [6.07, 6.45) is 10.4. The van der Waals surface area contributed by atoms with Crippen LogP contribution in [0.25, 0.3) is 0 Å². The third-order valence-corrected chi connectivity index (χ3v) is 5.97. The van der Waals surface area contributed by atoms with Gasteiger partial charge in [0.25, 0.3) is 0 Å². The van der Waals surface area contributed by atoms with Crippen molar-refractivity contribution >= 4 is 35.1 Å². The second kappa shape index (κ2) is 10.8. The number of ether oxygens (including phenoxy) is 1. The molecule has 0 fully saturated rings. The minimum atomic E-state index is -2.04. The van der Waals surface area contributed by atoms with Crippen molar-refractivity contribution in [2.45, 2.75) is 59.5 Å². The molecule has 0 aromatic heterocycles. The summed E-state index contributed by atoms with van der Waals surface area (Å²) in [7, 11) is 0. The molecule has 178 valence electrons. The van der Waals surface area contributed by atoms with Crippen LogP contribution in [0.4, 0.5) is 0 Å². The van der Waals surface area contributed by atoms with Crippen LogP contribution in [-0.2, 0) is 23.9 Å². The molecule has 33 heavy (non-hydrogen) atoms. The number of rotatable bonds is 9. The lowest BCUT2D eigenvalue weighted by molar-refractivity contribution is -0.167. The van der Waals surface area contributed by atoms with Gasteiger partial charge in [0.1, 0.15) is 0 Å². The van der Waals surface area contributed by atoms with E-state index in [1.54, 1.807) is 17.2 Å². The van der Waals surface area contributed by atoms with Crippen LogP contribution in [0, 0.1) is 5.92 Å². The molecule has 0 amide bonds. The second-order valence-corrected chi connectivity index (χ2v) is 8.82. The number of fused-ring (bicyclic) bond motifs is 1. The number of carbonyl (C=O) groups is 4. The van der Waals surface area contributed by atoms with Gasteiger partial charge in [0.2, 0.25) is 17.2 Å². The van der Waals surface area contributed by atoms with Gasteiger partial charge in [0.15, 0.2) is 0 Å². The van der Waals surface area contributed by atoms with Crippen molar-refractivity contribution < 1.29 is 29.0 Å². The first-order valence-electron chi connectivity index (χ1n) is 10.9. The maximum Gasteiger partial charge on any atom is 0.304 e. The molecule has 8 heteroatoms. The molecule has 0 radical (unpaired) electrons. The SMILES string of the molecule is CC[C@@H](C)/C=C(C)/C=C/C1=CC2=C(Cl)C(=O)[C@](C)(OC(C)=O)C(=O)C2=CN1CCCC(=O)O. The number of Topliss-reactive ketones (excluding diaryl/α,β-unsaturated/α-hetero) is 2. The van der Waals surface area contributed by atoms with E-state index in [1.807, 2.05) is 19.1 Å². The molecule has 1 aliphatic heterocycles. The van der Waals surface area contributed by atoms with Crippen molar-refractivity contribution in [2.24, 2.45) is 5.92 Å². The quantitative estimate of drug-likeness (QED) is 0.298. The molecule has 1 aliphatic carbocycles. The molecule has 0 bridgehead atoms. The number of nitrogens with zero attached hydrogens (tertiary/aromatic N) is 1. The van der Waals surface area contributed by atoms with E-state index in [2.05, 4.69) is 19.9 Å². The van der Waals surface area contributed by atoms with Crippen LogP contribution in [0.1, 0.15) is 53.9 Å². The van der Waals surface area contributed by atoms with E-state index in [0.29, 0.717) is 24.6 Å². The molecule has 0 aromatic carbocycles. The fourth-order valence-corrected chi connectivity index (χ4v) is 3.96. The number of halogens is 1. The van der Waals surface area contributed by atoms with Gasteiger partial charge in [-0.15, -0.1) is 0 Å². The third-order valence-electron chi connectivity index (χ3n) is 5.59.